The zero-order valence-corrected chi connectivity index (χ0v) is 17.7. The minimum Gasteiger partial charge on any atom is -0.378 e. The zero-order chi connectivity index (χ0) is 20.9. The SMILES string of the molecule is CN(C)c1ccc(NC(=O)CCNc2ncnc3scc(-c4ccccc4)c23)cc1. The van der Waals surface area contributed by atoms with Gasteiger partial charge in [-0.1, -0.05) is 30.3 Å². The number of anilines is 3. The van der Waals surface area contributed by atoms with Crippen LogP contribution in [0.15, 0.2) is 66.3 Å². The molecule has 0 saturated carbocycles. The lowest BCUT2D eigenvalue weighted by Gasteiger charge is -2.13. The van der Waals surface area contributed by atoms with Crippen molar-refractivity contribution in [3.8, 4) is 11.1 Å². The highest BCUT2D eigenvalue weighted by atomic mass is 32.1. The van der Waals surface area contributed by atoms with Crippen LogP contribution in [-0.4, -0.2) is 36.5 Å². The number of carbonyl (C=O) groups is 1. The molecule has 0 unspecified atom stereocenters. The Bertz CT molecular complexity index is 1140. The second kappa shape index (κ2) is 8.92. The van der Waals surface area contributed by atoms with Gasteiger partial charge in [-0.15, -0.1) is 11.3 Å². The van der Waals surface area contributed by atoms with Crippen LogP contribution in [0.5, 0.6) is 0 Å². The number of thiophene rings is 1. The van der Waals surface area contributed by atoms with Crippen LogP contribution in [0.1, 0.15) is 6.42 Å². The molecule has 2 N–H and O–H groups in total. The Morgan fingerprint density at radius 2 is 1.80 bits per heavy atom. The van der Waals surface area contributed by atoms with E-state index in [1.807, 2.05) is 61.5 Å². The summed E-state index contributed by atoms with van der Waals surface area (Å²) in [4.78, 5) is 24.1. The van der Waals surface area contributed by atoms with Crippen molar-refractivity contribution in [2.45, 2.75) is 6.42 Å². The van der Waals surface area contributed by atoms with Gasteiger partial charge in [-0.3, -0.25) is 4.79 Å². The van der Waals surface area contributed by atoms with Crippen LogP contribution in [0.3, 0.4) is 0 Å². The quantitative estimate of drug-likeness (QED) is 0.449. The zero-order valence-electron chi connectivity index (χ0n) is 16.9. The molecule has 30 heavy (non-hydrogen) atoms. The molecule has 152 valence electrons. The number of hydrogen-bond donors (Lipinski definition) is 2. The number of rotatable bonds is 7. The average Bonchev–Trinajstić information content (AvgIpc) is 3.20. The number of fused-ring (bicyclic) bond motifs is 1. The third-order valence-electron chi connectivity index (χ3n) is 4.77. The van der Waals surface area contributed by atoms with Crippen LogP contribution in [0.2, 0.25) is 0 Å². The molecule has 0 bridgehead atoms. The molecular formula is C23H23N5OS. The van der Waals surface area contributed by atoms with Crippen molar-refractivity contribution in [3.05, 3.63) is 66.3 Å². The van der Waals surface area contributed by atoms with Gasteiger partial charge in [0.25, 0.3) is 0 Å². The molecule has 2 aromatic carbocycles. The fourth-order valence-corrected chi connectivity index (χ4v) is 4.12. The highest BCUT2D eigenvalue weighted by Gasteiger charge is 2.13. The number of aromatic nitrogens is 2. The smallest absolute Gasteiger partial charge is 0.226 e. The summed E-state index contributed by atoms with van der Waals surface area (Å²) in [7, 11) is 3.97. The summed E-state index contributed by atoms with van der Waals surface area (Å²) in [6.07, 6.45) is 1.90. The van der Waals surface area contributed by atoms with Gasteiger partial charge in [-0.2, -0.15) is 0 Å². The van der Waals surface area contributed by atoms with Crippen molar-refractivity contribution in [2.75, 3.05) is 36.2 Å². The molecule has 0 spiro atoms. The first-order valence-electron chi connectivity index (χ1n) is 9.70. The van der Waals surface area contributed by atoms with Crippen LogP contribution in [0.25, 0.3) is 21.3 Å². The van der Waals surface area contributed by atoms with E-state index in [4.69, 9.17) is 0 Å². The summed E-state index contributed by atoms with van der Waals surface area (Å²) < 4.78 is 0. The lowest BCUT2D eigenvalue weighted by Crippen LogP contribution is -2.17. The molecule has 0 fully saturated rings. The van der Waals surface area contributed by atoms with Gasteiger partial charge in [0.15, 0.2) is 0 Å². The van der Waals surface area contributed by atoms with Crippen LogP contribution < -0.4 is 15.5 Å². The minimum atomic E-state index is -0.0426. The molecule has 7 heteroatoms. The van der Waals surface area contributed by atoms with Crippen molar-refractivity contribution < 1.29 is 4.79 Å². The molecule has 0 atom stereocenters. The largest absolute Gasteiger partial charge is 0.378 e. The fraction of sp³-hybridized carbons (Fsp3) is 0.174. The number of nitrogens with one attached hydrogen (secondary N) is 2. The molecule has 2 aromatic heterocycles. The Labute approximate surface area is 179 Å². The van der Waals surface area contributed by atoms with E-state index >= 15 is 0 Å². The normalized spacial score (nSPS) is 10.7. The number of nitrogens with zero attached hydrogens (tertiary/aromatic N) is 3. The highest BCUT2D eigenvalue weighted by Crippen LogP contribution is 2.36. The summed E-state index contributed by atoms with van der Waals surface area (Å²) >= 11 is 1.59. The molecule has 0 saturated heterocycles. The van der Waals surface area contributed by atoms with Crippen molar-refractivity contribution in [1.82, 2.24) is 9.97 Å². The Morgan fingerprint density at radius 1 is 1.03 bits per heavy atom. The molecule has 4 aromatic rings. The van der Waals surface area contributed by atoms with Gasteiger partial charge in [-0.05, 0) is 29.8 Å². The maximum absolute atomic E-state index is 12.3. The first-order valence-corrected chi connectivity index (χ1v) is 10.6. The number of amides is 1. The maximum Gasteiger partial charge on any atom is 0.226 e. The number of hydrogen-bond acceptors (Lipinski definition) is 6. The summed E-state index contributed by atoms with van der Waals surface area (Å²) in [5, 5.41) is 9.34. The van der Waals surface area contributed by atoms with Crippen molar-refractivity contribution in [2.24, 2.45) is 0 Å². The van der Waals surface area contributed by atoms with Gasteiger partial charge < -0.3 is 15.5 Å². The van der Waals surface area contributed by atoms with Gasteiger partial charge in [0.1, 0.15) is 17.0 Å². The fourth-order valence-electron chi connectivity index (χ4n) is 3.20. The third-order valence-corrected chi connectivity index (χ3v) is 5.65. The number of benzene rings is 2. The lowest BCUT2D eigenvalue weighted by molar-refractivity contribution is -0.115. The topological polar surface area (TPSA) is 70.2 Å². The van der Waals surface area contributed by atoms with Crippen molar-refractivity contribution >= 4 is 44.7 Å². The summed E-state index contributed by atoms with van der Waals surface area (Å²) in [5.41, 5.74) is 4.11. The number of carbonyl (C=O) groups excluding carboxylic acids is 1. The van der Waals surface area contributed by atoms with Crippen LogP contribution in [0.4, 0.5) is 17.2 Å². The molecule has 6 nitrogen and oxygen atoms in total. The third kappa shape index (κ3) is 4.41. The van der Waals surface area contributed by atoms with Gasteiger partial charge >= 0.3 is 0 Å². The Morgan fingerprint density at radius 3 is 2.53 bits per heavy atom. The second-order valence-corrected chi connectivity index (χ2v) is 7.94. The van der Waals surface area contributed by atoms with E-state index in [0.717, 1.165) is 38.5 Å². The lowest BCUT2D eigenvalue weighted by atomic mass is 10.1. The first-order chi connectivity index (χ1) is 14.6. The minimum absolute atomic E-state index is 0.0426. The molecule has 0 radical (unpaired) electrons. The van der Waals surface area contributed by atoms with E-state index in [0.29, 0.717) is 13.0 Å². The molecule has 2 heterocycles. The predicted octanol–water partition coefficient (Wildman–Crippen LogP) is 4.87. The summed E-state index contributed by atoms with van der Waals surface area (Å²) in [6.45, 7) is 0.484. The maximum atomic E-state index is 12.3. The van der Waals surface area contributed by atoms with Crippen LogP contribution in [0, 0.1) is 0 Å². The Balaban J connectivity index is 1.41. The molecule has 0 aliphatic carbocycles. The van der Waals surface area contributed by atoms with E-state index in [2.05, 4.69) is 38.1 Å². The van der Waals surface area contributed by atoms with E-state index in [9.17, 15) is 4.79 Å². The van der Waals surface area contributed by atoms with E-state index in [-0.39, 0.29) is 5.91 Å². The molecule has 0 aliphatic rings. The van der Waals surface area contributed by atoms with Gasteiger partial charge in [0.05, 0.1) is 5.39 Å². The second-order valence-electron chi connectivity index (χ2n) is 7.08. The van der Waals surface area contributed by atoms with E-state index in [1.165, 1.54) is 0 Å². The predicted molar refractivity (Wildman–Crippen MR) is 125 cm³/mol. The van der Waals surface area contributed by atoms with E-state index in [1.54, 1.807) is 17.7 Å². The van der Waals surface area contributed by atoms with Gasteiger partial charge in [-0.25, -0.2) is 9.97 Å². The molecule has 0 aliphatic heterocycles. The standard InChI is InChI=1S/C23H23N5OS/c1-28(2)18-10-8-17(9-11-18)27-20(29)12-13-24-22-21-19(16-6-4-3-5-7-16)14-30-23(21)26-15-25-22/h3-11,14-15H,12-13H2,1-2H3,(H,27,29)(H,24,25,26). The average molecular weight is 418 g/mol. The summed E-state index contributed by atoms with van der Waals surface area (Å²) in [5.74, 6) is 0.710. The van der Waals surface area contributed by atoms with Crippen LogP contribution >= 0.6 is 11.3 Å². The summed E-state index contributed by atoms with van der Waals surface area (Å²) in [6, 6.07) is 18.0. The first kappa shape index (κ1) is 19.8. The Hall–Kier alpha value is -3.45. The molecule has 4 rings (SSSR count). The van der Waals surface area contributed by atoms with E-state index < -0.39 is 0 Å². The monoisotopic (exact) mass is 417 g/mol. The van der Waals surface area contributed by atoms with Crippen molar-refractivity contribution in [1.29, 1.82) is 0 Å². The Kier molecular flexibility index (Phi) is 5.90. The molecular weight excluding hydrogens is 394 g/mol. The highest BCUT2D eigenvalue weighted by molar-refractivity contribution is 7.17. The van der Waals surface area contributed by atoms with Crippen molar-refractivity contribution in [3.63, 3.8) is 0 Å². The van der Waals surface area contributed by atoms with Gasteiger partial charge in [0, 0.05) is 49.4 Å². The van der Waals surface area contributed by atoms with Crippen LogP contribution in [-0.2, 0) is 4.79 Å². The molecule has 1 amide bonds. The van der Waals surface area contributed by atoms with Gasteiger partial charge in [0.2, 0.25) is 5.91 Å².